The lowest BCUT2D eigenvalue weighted by molar-refractivity contribution is -0.580. The van der Waals surface area contributed by atoms with Crippen molar-refractivity contribution in [3.8, 4) is 0 Å². The fourth-order valence-electron chi connectivity index (χ4n) is 0.916. The van der Waals surface area contributed by atoms with Gasteiger partial charge in [-0.3, -0.25) is 19.1 Å². The number of hydrogen-bond acceptors (Lipinski definition) is 7. The lowest BCUT2D eigenvalue weighted by atomic mass is 10.1. The fourth-order valence-corrected chi connectivity index (χ4v) is 1.42. The van der Waals surface area contributed by atoms with Crippen molar-refractivity contribution in [3.63, 3.8) is 0 Å². The van der Waals surface area contributed by atoms with Crippen LogP contribution in [-0.4, -0.2) is 65.8 Å². The van der Waals surface area contributed by atoms with E-state index in [1.54, 1.807) is 18.2 Å². The molecule has 0 saturated carbocycles. The number of alkyl halides is 1. The third-order valence-corrected chi connectivity index (χ3v) is 3.18. The summed E-state index contributed by atoms with van der Waals surface area (Å²) in [7, 11) is -3.50. The van der Waals surface area contributed by atoms with Gasteiger partial charge in [-0.05, 0) is 12.1 Å². The molecule has 1 rings (SSSR count). The molecule has 0 radical (unpaired) electrons. The first-order valence-electron chi connectivity index (χ1n) is 5.61. The van der Waals surface area contributed by atoms with Crippen molar-refractivity contribution in [3.05, 3.63) is 40.4 Å². The minimum absolute atomic E-state index is 0.0741. The number of hydrogen-bond donors (Lipinski definition) is 4. The zero-order valence-corrected chi connectivity index (χ0v) is 12.5. The van der Waals surface area contributed by atoms with E-state index in [1.165, 1.54) is 12.1 Å². The van der Waals surface area contributed by atoms with Crippen LogP contribution in [0, 0.1) is 10.1 Å². The zero-order chi connectivity index (χ0) is 17.8. The second-order valence-electron chi connectivity index (χ2n) is 3.74. The molecule has 1 aromatic carbocycles. The van der Waals surface area contributed by atoms with Crippen molar-refractivity contribution in [1.29, 1.82) is 0 Å². The Labute approximate surface area is 126 Å². The molecule has 9 nitrogen and oxygen atoms in total. The molecule has 0 saturated heterocycles. The molecule has 0 bridgehead atoms. The summed E-state index contributed by atoms with van der Waals surface area (Å²) in [6, 6.07) is 7.42. The van der Waals surface area contributed by atoms with Gasteiger partial charge in [-0.1, -0.05) is 18.2 Å². The quantitative estimate of drug-likeness (QED) is 0.316. The van der Waals surface area contributed by atoms with E-state index in [0.29, 0.717) is 7.18 Å². The number of benzene rings is 1. The highest BCUT2D eigenvalue weighted by Crippen LogP contribution is 2.06. The molecule has 0 fully saturated rings. The number of nitro groups is 1. The van der Waals surface area contributed by atoms with Gasteiger partial charge in [0.1, 0.15) is 19.8 Å². The van der Waals surface area contributed by atoms with Crippen LogP contribution in [0.4, 0.5) is 4.39 Å². The molecule has 0 aliphatic heterocycles. The maximum Gasteiger partial charge on any atom is 0.294 e. The fraction of sp³-hybridized carbons (Fsp3) is 0.455. The van der Waals surface area contributed by atoms with E-state index in [2.05, 4.69) is 0 Å². The molecule has 0 unspecified atom stereocenters. The SMILES string of the molecule is CF.O=S(=O)(O)c1ccccc1.O=[N+]([O-])C(CO)(CO)CO. The molecule has 0 aliphatic rings. The van der Waals surface area contributed by atoms with Crippen molar-refractivity contribution >= 4 is 10.1 Å². The molecule has 0 aliphatic carbocycles. The van der Waals surface area contributed by atoms with Crippen molar-refractivity contribution < 1.29 is 37.6 Å². The third-order valence-electron chi connectivity index (χ3n) is 2.31. The number of aliphatic hydroxyl groups excluding tert-OH is 3. The Morgan fingerprint density at radius 1 is 1.09 bits per heavy atom. The second-order valence-corrected chi connectivity index (χ2v) is 5.17. The average molecular weight is 343 g/mol. The van der Waals surface area contributed by atoms with Crippen molar-refractivity contribution in [2.45, 2.75) is 10.4 Å². The minimum Gasteiger partial charge on any atom is -0.389 e. The summed E-state index contributed by atoms with van der Waals surface area (Å²) in [4.78, 5) is 9.07. The van der Waals surface area contributed by atoms with Gasteiger partial charge in [-0.2, -0.15) is 8.42 Å². The first kappa shape index (κ1) is 22.6. The molecule has 11 heteroatoms. The number of halogens is 1. The summed E-state index contributed by atoms with van der Waals surface area (Å²) in [6.45, 7) is -2.60. The van der Waals surface area contributed by atoms with E-state index in [4.69, 9.17) is 19.9 Å². The number of nitrogens with zero attached hydrogens (tertiary/aromatic N) is 1. The predicted molar refractivity (Wildman–Crippen MR) is 74.3 cm³/mol. The zero-order valence-electron chi connectivity index (χ0n) is 11.7. The summed E-state index contributed by atoms with van der Waals surface area (Å²) in [5.74, 6) is 0. The molecule has 4 N–H and O–H groups in total. The Kier molecular flexibility index (Phi) is 11.3. The van der Waals surface area contributed by atoms with Crippen LogP contribution in [0.2, 0.25) is 0 Å². The van der Waals surface area contributed by atoms with E-state index in [-0.39, 0.29) is 4.90 Å². The first-order valence-corrected chi connectivity index (χ1v) is 7.05. The Hall–Kier alpha value is -1.66. The highest BCUT2D eigenvalue weighted by molar-refractivity contribution is 7.85. The normalized spacial score (nSPS) is 10.6. The molecule has 0 amide bonds. The smallest absolute Gasteiger partial charge is 0.294 e. The summed E-state index contributed by atoms with van der Waals surface area (Å²) in [5.41, 5.74) is -1.99. The van der Waals surface area contributed by atoms with Gasteiger partial charge in [-0.25, -0.2) is 0 Å². The molecule has 22 heavy (non-hydrogen) atoms. The van der Waals surface area contributed by atoms with Crippen LogP contribution in [0.3, 0.4) is 0 Å². The summed E-state index contributed by atoms with van der Waals surface area (Å²) >= 11 is 0. The van der Waals surface area contributed by atoms with Gasteiger partial charge in [0.2, 0.25) is 0 Å². The van der Waals surface area contributed by atoms with E-state index < -0.39 is 40.4 Å². The van der Waals surface area contributed by atoms with Gasteiger partial charge in [0, 0.05) is 4.92 Å². The van der Waals surface area contributed by atoms with Gasteiger partial charge in [0.15, 0.2) is 0 Å². The highest BCUT2D eigenvalue weighted by Gasteiger charge is 2.41. The van der Waals surface area contributed by atoms with Crippen LogP contribution >= 0.6 is 0 Å². The van der Waals surface area contributed by atoms with Crippen LogP contribution in [-0.2, 0) is 10.1 Å². The van der Waals surface area contributed by atoms with Gasteiger partial charge >= 0.3 is 0 Å². The molecule has 0 atom stereocenters. The maximum atomic E-state index is 10.4. The van der Waals surface area contributed by atoms with Crippen molar-refractivity contribution in [2.24, 2.45) is 0 Å². The monoisotopic (exact) mass is 343 g/mol. The molecule has 128 valence electrons. The minimum atomic E-state index is -4.00. The van der Waals surface area contributed by atoms with E-state index >= 15 is 0 Å². The molecule has 1 aromatic rings. The van der Waals surface area contributed by atoms with Gasteiger partial charge in [0.05, 0.1) is 12.1 Å². The average Bonchev–Trinajstić information content (AvgIpc) is 2.52. The standard InChI is InChI=1S/C6H6O3S.C4H9NO5.CH3F/c7-10(8,9)6-4-2-1-3-5-6;6-1-4(2-7,3-8)5(9)10;1-2/h1-5H,(H,7,8,9);6-8H,1-3H2;1H3. The first-order chi connectivity index (χ1) is 10.2. The highest BCUT2D eigenvalue weighted by atomic mass is 32.2. The van der Waals surface area contributed by atoms with Gasteiger partial charge in [0.25, 0.3) is 15.7 Å². The number of rotatable bonds is 5. The number of aliphatic hydroxyl groups is 3. The van der Waals surface area contributed by atoms with Crippen LogP contribution in [0.25, 0.3) is 0 Å². The van der Waals surface area contributed by atoms with Crippen LogP contribution in [0.15, 0.2) is 35.2 Å². The largest absolute Gasteiger partial charge is 0.389 e. The van der Waals surface area contributed by atoms with Crippen molar-refractivity contribution in [2.75, 3.05) is 27.0 Å². The van der Waals surface area contributed by atoms with Crippen LogP contribution in [0.5, 0.6) is 0 Å². The molecule has 0 aromatic heterocycles. The van der Waals surface area contributed by atoms with Crippen LogP contribution in [0.1, 0.15) is 0 Å². The van der Waals surface area contributed by atoms with Gasteiger partial charge < -0.3 is 15.3 Å². The Bertz CT molecular complexity index is 510. The molecule has 0 spiro atoms. The third kappa shape index (κ3) is 7.38. The Morgan fingerprint density at radius 2 is 1.45 bits per heavy atom. The van der Waals surface area contributed by atoms with Crippen LogP contribution < -0.4 is 0 Å². The second kappa shape index (κ2) is 11.0. The van der Waals surface area contributed by atoms with Crippen molar-refractivity contribution in [1.82, 2.24) is 0 Å². The maximum absolute atomic E-state index is 10.4. The lowest BCUT2D eigenvalue weighted by Gasteiger charge is -2.16. The van der Waals surface area contributed by atoms with Gasteiger partial charge in [-0.15, -0.1) is 0 Å². The Balaban J connectivity index is 0. The van der Waals surface area contributed by atoms with E-state index in [9.17, 15) is 22.9 Å². The topological polar surface area (TPSA) is 158 Å². The predicted octanol–water partition coefficient (Wildman–Crippen LogP) is -0.502. The molecule has 0 heterocycles. The molecular weight excluding hydrogens is 325 g/mol. The van der Waals surface area contributed by atoms with E-state index in [1.807, 2.05) is 0 Å². The summed E-state index contributed by atoms with van der Waals surface area (Å²) < 4.78 is 38.7. The molecular formula is C11H18FNO8S. The summed E-state index contributed by atoms with van der Waals surface area (Å²) in [6.07, 6.45) is 0. The Morgan fingerprint density at radius 3 is 1.59 bits per heavy atom. The van der Waals surface area contributed by atoms with E-state index in [0.717, 1.165) is 0 Å². The summed E-state index contributed by atoms with van der Waals surface area (Å²) in [5, 5.41) is 35.2. The lowest BCUT2D eigenvalue weighted by Crippen LogP contribution is -2.49.